The third kappa shape index (κ3) is 1.92. The summed E-state index contributed by atoms with van der Waals surface area (Å²) in [6, 6.07) is 7.12. The zero-order valence-corrected chi connectivity index (χ0v) is 10.2. The molecule has 0 saturated carbocycles. The minimum absolute atomic E-state index is 0.0257. The molecule has 1 aliphatic rings. The number of carbonyl (C=O) groups is 1. The van der Waals surface area contributed by atoms with E-state index in [2.05, 4.69) is 9.97 Å². The molecule has 1 amide bonds. The van der Waals surface area contributed by atoms with Gasteiger partial charge in [0.25, 0.3) is 0 Å². The molecular weight excluding hydrogens is 242 g/mol. The van der Waals surface area contributed by atoms with E-state index < -0.39 is 0 Å². The van der Waals surface area contributed by atoms with Crippen molar-refractivity contribution in [1.29, 1.82) is 0 Å². The fraction of sp³-hybridized carbons (Fsp3) is 0.154. The van der Waals surface area contributed by atoms with Crippen LogP contribution in [0, 0.1) is 0 Å². The monoisotopic (exact) mass is 255 g/mol. The summed E-state index contributed by atoms with van der Waals surface area (Å²) in [5.74, 6) is 1.03. The van der Waals surface area contributed by atoms with Gasteiger partial charge in [0.05, 0.1) is 18.7 Å². The van der Waals surface area contributed by atoms with Crippen LogP contribution in [0.2, 0.25) is 0 Å². The smallest absolute Gasteiger partial charge is 0.237 e. The first-order chi connectivity index (χ1) is 9.19. The second kappa shape index (κ2) is 4.33. The number of nitrogens with two attached hydrogens (primary N) is 2. The standard InChI is InChI=1S/C13H13N5O/c14-7-11-16-4-3-12(17-11)18-10-2-1-9(15)5-8(10)6-13(18)19/h1-5H,6-7,14-15H2. The Balaban J connectivity index is 2.08. The van der Waals surface area contributed by atoms with E-state index in [-0.39, 0.29) is 12.5 Å². The predicted octanol–water partition coefficient (Wildman–Crippen LogP) is 0.738. The van der Waals surface area contributed by atoms with Crippen molar-refractivity contribution in [2.45, 2.75) is 13.0 Å². The summed E-state index contributed by atoms with van der Waals surface area (Å²) in [6.07, 6.45) is 1.94. The summed E-state index contributed by atoms with van der Waals surface area (Å²) in [5, 5.41) is 0. The second-order valence-electron chi connectivity index (χ2n) is 4.33. The van der Waals surface area contributed by atoms with Gasteiger partial charge in [0.2, 0.25) is 5.91 Å². The number of fused-ring (bicyclic) bond motifs is 1. The van der Waals surface area contributed by atoms with Crippen molar-refractivity contribution in [2.75, 3.05) is 10.6 Å². The molecule has 96 valence electrons. The Hall–Kier alpha value is -2.47. The van der Waals surface area contributed by atoms with E-state index in [9.17, 15) is 4.79 Å². The third-order valence-electron chi connectivity index (χ3n) is 3.04. The topological polar surface area (TPSA) is 98.1 Å². The molecule has 0 fully saturated rings. The van der Waals surface area contributed by atoms with Gasteiger partial charge >= 0.3 is 0 Å². The van der Waals surface area contributed by atoms with Crippen molar-refractivity contribution >= 4 is 23.1 Å². The molecule has 0 unspecified atom stereocenters. The first kappa shape index (κ1) is 11.6. The van der Waals surface area contributed by atoms with Crippen molar-refractivity contribution in [3.8, 4) is 0 Å². The van der Waals surface area contributed by atoms with Crippen LogP contribution in [-0.2, 0) is 17.8 Å². The van der Waals surface area contributed by atoms with Gasteiger partial charge in [-0.2, -0.15) is 0 Å². The Morgan fingerprint density at radius 1 is 1.32 bits per heavy atom. The maximum atomic E-state index is 12.1. The average Bonchev–Trinajstić information content (AvgIpc) is 2.73. The molecule has 0 spiro atoms. The van der Waals surface area contributed by atoms with Gasteiger partial charge in [-0.3, -0.25) is 9.69 Å². The molecule has 6 heteroatoms. The van der Waals surface area contributed by atoms with E-state index in [0.29, 0.717) is 23.8 Å². The highest BCUT2D eigenvalue weighted by Gasteiger charge is 2.29. The maximum absolute atomic E-state index is 12.1. The van der Waals surface area contributed by atoms with Crippen LogP contribution in [0.3, 0.4) is 0 Å². The summed E-state index contributed by atoms with van der Waals surface area (Å²) in [7, 11) is 0. The van der Waals surface area contributed by atoms with Gasteiger partial charge in [-0.25, -0.2) is 9.97 Å². The Labute approximate surface area is 110 Å². The second-order valence-corrected chi connectivity index (χ2v) is 4.33. The first-order valence-electron chi connectivity index (χ1n) is 5.92. The molecule has 3 rings (SSSR count). The molecule has 1 aromatic heterocycles. The summed E-state index contributed by atoms with van der Waals surface area (Å²) < 4.78 is 0. The van der Waals surface area contributed by atoms with E-state index in [1.807, 2.05) is 12.1 Å². The number of hydrogen-bond acceptors (Lipinski definition) is 5. The van der Waals surface area contributed by atoms with Crippen LogP contribution in [0.5, 0.6) is 0 Å². The highest BCUT2D eigenvalue weighted by Crippen LogP contribution is 2.35. The number of nitrogen functional groups attached to an aromatic ring is 1. The van der Waals surface area contributed by atoms with Crippen molar-refractivity contribution in [2.24, 2.45) is 5.73 Å². The summed E-state index contributed by atoms with van der Waals surface area (Å²) >= 11 is 0. The summed E-state index contributed by atoms with van der Waals surface area (Å²) in [4.78, 5) is 22.0. The molecule has 6 nitrogen and oxygen atoms in total. The molecule has 19 heavy (non-hydrogen) atoms. The van der Waals surface area contributed by atoms with Crippen LogP contribution >= 0.6 is 0 Å². The van der Waals surface area contributed by atoms with E-state index in [0.717, 1.165) is 11.3 Å². The largest absolute Gasteiger partial charge is 0.399 e. The number of carbonyl (C=O) groups excluding carboxylic acids is 1. The number of nitrogens with zero attached hydrogens (tertiary/aromatic N) is 3. The lowest BCUT2D eigenvalue weighted by atomic mass is 10.1. The van der Waals surface area contributed by atoms with Crippen LogP contribution in [0.15, 0.2) is 30.5 Å². The molecule has 0 atom stereocenters. The normalized spacial score (nSPS) is 13.7. The van der Waals surface area contributed by atoms with Gasteiger partial charge in [0.1, 0.15) is 11.6 Å². The number of rotatable bonds is 2. The van der Waals surface area contributed by atoms with Gasteiger partial charge in [-0.1, -0.05) is 0 Å². The summed E-state index contributed by atoms with van der Waals surface area (Å²) in [6.45, 7) is 0.241. The van der Waals surface area contributed by atoms with Crippen molar-refractivity contribution < 1.29 is 4.79 Å². The van der Waals surface area contributed by atoms with Crippen LogP contribution in [-0.4, -0.2) is 15.9 Å². The number of aromatic nitrogens is 2. The lowest BCUT2D eigenvalue weighted by Crippen LogP contribution is -2.22. The zero-order chi connectivity index (χ0) is 13.4. The molecule has 0 radical (unpaired) electrons. The molecule has 4 N–H and O–H groups in total. The number of benzene rings is 1. The van der Waals surface area contributed by atoms with Gasteiger partial charge in [-0.05, 0) is 29.8 Å². The van der Waals surface area contributed by atoms with Gasteiger partial charge in [0.15, 0.2) is 0 Å². The Morgan fingerprint density at radius 3 is 2.95 bits per heavy atom. The first-order valence-corrected chi connectivity index (χ1v) is 5.92. The van der Waals surface area contributed by atoms with Crippen molar-refractivity contribution in [1.82, 2.24) is 9.97 Å². The van der Waals surface area contributed by atoms with Gasteiger partial charge in [-0.15, -0.1) is 0 Å². The van der Waals surface area contributed by atoms with E-state index in [1.54, 1.807) is 23.2 Å². The van der Waals surface area contributed by atoms with Crippen molar-refractivity contribution in [3.63, 3.8) is 0 Å². The zero-order valence-electron chi connectivity index (χ0n) is 10.2. The van der Waals surface area contributed by atoms with E-state index in [4.69, 9.17) is 11.5 Å². The Bertz CT molecular complexity index is 655. The van der Waals surface area contributed by atoms with E-state index >= 15 is 0 Å². The molecular formula is C13H13N5O. The fourth-order valence-electron chi connectivity index (χ4n) is 2.20. The Morgan fingerprint density at radius 2 is 2.16 bits per heavy atom. The predicted molar refractivity (Wildman–Crippen MR) is 71.6 cm³/mol. The van der Waals surface area contributed by atoms with Crippen LogP contribution in [0.25, 0.3) is 0 Å². The van der Waals surface area contributed by atoms with Gasteiger partial charge < -0.3 is 11.5 Å². The lowest BCUT2D eigenvalue weighted by molar-refractivity contribution is -0.116. The highest BCUT2D eigenvalue weighted by atomic mass is 16.2. The Kier molecular flexibility index (Phi) is 2.64. The van der Waals surface area contributed by atoms with E-state index in [1.165, 1.54) is 0 Å². The molecule has 0 saturated heterocycles. The quantitative estimate of drug-likeness (QED) is 0.771. The molecule has 0 bridgehead atoms. The number of hydrogen-bond donors (Lipinski definition) is 2. The maximum Gasteiger partial charge on any atom is 0.237 e. The minimum atomic E-state index is -0.0257. The van der Waals surface area contributed by atoms with Crippen molar-refractivity contribution in [3.05, 3.63) is 41.9 Å². The molecule has 2 aromatic rings. The highest BCUT2D eigenvalue weighted by molar-refractivity contribution is 6.06. The SMILES string of the molecule is NCc1nccc(N2C(=O)Cc3cc(N)ccc32)n1. The minimum Gasteiger partial charge on any atom is -0.399 e. The number of anilines is 3. The summed E-state index contributed by atoms with van der Waals surface area (Å²) in [5.41, 5.74) is 13.6. The number of amides is 1. The third-order valence-corrected chi connectivity index (χ3v) is 3.04. The average molecular weight is 255 g/mol. The van der Waals surface area contributed by atoms with Crippen LogP contribution in [0.4, 0.5) is 17.2 Å². The molecule has 2 heterocycles. The fourth-order valence-corrected chi connectivity index (χ4v) is 2.20. The van der Waals surface area contributed by atoms with Gasteiger partial charge in [0, 0.05) is 11.9 Å². The lowest BCUT2D eigenvalue weighted by Gasteiger charge is -2.16. The molecule has 0 aliphatic carbocycles. The molecule has 1 aliphatic heterocycles. The van der Waals surface area contributed by atoms with Crippen LogP contribution < -0.4 is 16.4 Å². The van der Waals surface area contributed by atoms with Crippen LogP contribution in [0.1, 0.15) is 11.4 Å². The molecule has 1 aromatic carbocycles.